The monoisotopic (exact) mass is 337 g/mol. The van der Waals surface area contributed by atoms with E-state index in [1.54, 1.807) is 18.2 Å². The number of hydrogen-bond acceptors (Lipinski definition) is 7. The van der Waals surface area contributed by atoms with Crippen LogP contribution in [0.3, 0.4) is 0 Å². The second-order valence-electron chi connectivity index (χ2n) is 4.96. The Kier molecular flexibility index (Phi) is 4.39. The van der Waals surface area contributed by atoms with Crippen molar-refractivity contribution in [2.45, 2.75) is 0 Å². The first-order chi connectivity index (χ1) is 12.1. The van der Waals surface area contributed by atoms with E-state index in [1.165, 1.54) is 37.7 Å². The number of rotatable bonds is 4. The van der Waals surface area contributed by atoms with Crippen LogP contribution in [0.2, 0.25) is 0 Å². The van der Waals surface area contributed by atoms with Gasteiger partial charge in [-0.15, -0.1) is 0 Å². The van der Waals surface area contributed by atoms with E-state index in [1.807, 2.05) is 0 Å². The number of aromatic nitrogens is 3. The van der Waals surface area contributed by atoms with Crippen molar-refractivity contribution in [2.75, 3.05) is 12.4 Å². The molecule has 2 N–H and O–H groups in total. The van der Waals surface area contributed by atoms with Crippen molar-refractivity contribution in [3.05, 3.63) is 54.2 Å². The smallest absolute Gasteiger partial charge is 0.230 e. The van der Waals surface area contributed by atoms with Crippen molar-refractivity contribution in [1.29, 1.82) is 5.26 Å². The molecule has 124 valence electrons. The molecule has 0 bridgehead atoms. The van der Waals surface area contributed by atoms with E-state index >= 15 is 0 Å². The molecule has 1 aromatic carbocycles. The summed E-state index contributed by atoms with van der Waals surface area (Å²) in [5, 5.41) is 21.3. The number of nitrogens with one attached hydrogen (secondary N) is 1. The normalized spacial score (nSPS) is 10.1. The minimum Gasteiger partial charge on any atom is -0.505 e. The quantitative estimate of drug-likeness (QED) is 0.754. The number of pyridine rings is 1. The van der Waals surface area contributed by atoms with E-state index in [-0.39, 0.29) is 29.1 Å². The van der Waals surface area contributed by atoms with Gasteiger partial charge in [-0.1, -0.05) is 12.1 Å². The van der Waals surface area contributed by atoms with Gasteiger partial charge in [-0.05, 0) is 17.7 Å². The highest BCUT2D eigenvalue weighted by molar-refractivity contribution is 5.69. The highest BCUT2D eigenvalue weighted by Gasteiger charge is 2.12. The van der Waals surface area contributed by atoms with Crippen LogP contribution in [0.25, 0.3) is 11.1 Å². The van der Waals surface area contributed by atoms with Gasteiger partial charge in [-0.2, -0.15) is 10.2 Å². The molecular weight excluding hydrogens is 325 g/mol. The fourth-order valence-electron chi connectivity index (χ4n) is 2.17. The Labute approximate surface area is 142 Å². The highest BCUT2D eigenvalue weighted by Crippen LogP contribution is 2.29. The van der Waals surface area contributed by atoms with Crippen LogP contribution in [-0.4, -0.2) is 27.2 Å². The van der Waals surface area contributed by atoms with Gasteiger partial charge in [-0.25, -0.2) is 14.4 Å². The van der Waals surface area contributed by atoms with Crippen molar-refractivity contribution in [3.8, 4) is 28.8 Å². The molecule has 3 aromatic rings. The number of aromatic hydroxyl groups is 1. The maximum Gasteiger partial charge on any atom is 0.230 e. The Hall–Kier alpha value is -3.73. The van der Waals surface area contributed by atoms with Crippen LogP contribution in [0.1, 0.15) is 5.69 Å². The third-order valence-corrected chi connectivity index (χ3v) is 3.31. The molecule has 2 aromatic heterocycles. The zero-order chi connectivity index (χ0) is 17.8. The fourth-order valence-corrected chi connectivity index (χ4v) is 2.17. The topological polar surface area (TPSA) is 104 Å². The summed E-state index contributed by atoms with van der Waals surface area (Å²) in [5.41, 5.74) is 1.44. The molecule has 25 heavy (non-hydrogen) atoms. The maximum absolute atomic E-state index is 13.4. The van der Waals surface area contributed by atoms with Gasteiger partial charge in [0.25, 0.3) is 0 Å². The lowest BCUT2D eigenvalue weighted by Crippen LogP contribution is -2.01. The number of anilines is 2. The van der Waals surface area contributed by atoms with Crippen LogP contribution in [0, 0.1) is 17.1 Å². The molecule has 0 aliphatic heterocycles. The summed E-state index contributed by atoms with van der Waals surface area (Å²) in [5.74, 6) is -0.173. The largest absolute Gasteiger partial charge is 0.505 e. The zero-order valence-corrected chi connectivity index (χ0v) is 13.1. The van der Waals surface area contributed by atoms with E-state index in [0.29, 0.717) is 16.8 Å². The molecule has 0 aliphatic rings. The molecule has 0 spiro atoms. The van der Waals surface area contributed by atoms with Gasteiger partial charge >= 0.3 is 0 Å². The summed E-state index contributed by atoms with van der Waals surface area (Å²) >= 11 is 0. The first kappa shape index (κ1) is 16.1. The Morgan fingerprint density at radius 1 is 1.24 bits per heavy atom. The van der Waals surface area contributed by atoms with Gasteiger partial charge in [0.15, 0.2) is 11.4 Å². The molecule has 0 saturated heterocycles. The van der Waals surface area contributed by atoms with Crippen LogP contribution >= 0.6 is 0 Å². The van der Waals surface area contributed by atoms with E-state index in [0.717, 1.165) is 0 Å². The first-order valence-corrected chi connectivity index (χ1v) is 7.14. The molecule has 0 aliphatic carbocycles. The molecule has 8 heteroatoms. The van der Waals surface area contributed by atoms with Gasteiger partial charge in [0.1, 0.15) is 11.9 Å². The summed E-state index contributed by atoms with van der Waals surface area (Å²) in [6.07, 6.45) is 2.87. The third kappa shape index (κ3) is 3.45. The number of hydrogen-bond donors (Lipinski definition) is 2. The van der Waals surface area contributed by atoms with Gasteiger partial charge in [0, 0.05) is 12.3 Å². The van der Waals surface area contributed by atoms with Crippen LogP contribution in [-0.2, 0) is 0 Å². The number of benzene rings is 1. The number of nitriles is 1. The SMILES string of the molecule is COc1nc(Nc2cnc(C#N)c(O)c2)ncc1-c1cccc(F)c1. The van der Waals surface area contributed by atoms with E-state index < -0.39 is 0 Å². The Bertz CT molecular complexity index is 971. The zero-order valence-electron chi connectivity index (χ0n) is 13.1. The number of methoxy groups -OCH3 is 1. The lowest BCUT2D eigenvalue weighted by molar-refractivity contribution is 0.399. The molecule has 0 atom stereocenters. The average molecular weight is 337 g/mol. The fraction of sp³-hybridized carbons (Fsp3) is 0.0588. The lowest BCUT2D eigenvalue weighted by atomic mass is 10.1. The third-order valence-electron chi connectivity index (χ3n) is 3.31. The number of halogens is 1. The predicted octanol–water partition coefficient (Wildman–Crippen LogP) is 3.01. The van der Waals surface area contributed by atoms with E-state index in [4.69, 9.17) is 10.00 Å². The van der Waals surface area contributed by atoms with Crippen LogP contribution in [0.5, 0.6) is 11.6 Å². The average Bonchev–Trinajstić information content (AvgIpc) is 2.62. The molecule has 0 unspecified atom stereocenters. The van der Waals surface area contributed by atoms with Crippen molar-refractivity contribution in [1.82, 2.24) is 15.0 Å². The van der Waals surface area contributed by atoms with E-state index in [2.05, 4.69) is 20.3 Å². The molecule has 3 rings (SSSR count). The maximum atomic E-state index is 13.4. The summed E-state index contributed by atoms with van der Waals surface area (Å²) < 4.78 is 18.7. The number of nitrogens with zero attached hydrogens (tertiary/aromatic N) is 4. The van der Waals surface area contributed by atoms with Gasteiger partial charge in [0.05, 0.1) is 24.6 Å². The molecule has 2 heterocycles. The molecule has 0 fully saturated rings. The van der Waals surface area contributed by atoms with Crippen LogP contribution in [0.4, 0.5) is 16.0 Å². The minimum absolute atomic E-state index is 0.0782. The van der Waals surface area contributed by atoms with Crippen LogP contribution in [0.15, 0.2) is 42.7 Å². The molecular formula is C17H12FN5O2. The lowest BCUT2D eigenvalue weighted by Gasteiger charge is -2.10. The van der Waals surface area contributed by atoms with Crippen molar-refractivity contribution in [3.63, 3.8) is 0 Å². The molecule has 0 saturated carbocycles. The van der Waals surface area contributed by atoms with Gasteiger partial charge in [-0.3, -0.25) is 0 Å². The first-order valence-electron chi connectivity index (χ1n) is 7.14. The Morgan fingerprint density at radius 3 is 2.76 bits per heavy atom. The second kappa shape index (κ2) is 6.80. The summed E-state index contributed by atoms with van der Waals surface area (Å²) in [6.45, 7) is 0. The Balaban J connectivity index is 1.92. The van der Waals surface area contributed by atoms with Gasteiger partial charge < -0.3 is 15.2 Å². The summed E-state index contributed by atoms with van der Waals surface area (Å²) in [7, 11) is 1.45. The van der Waals surface area contributed by atoms with Crippen molar-refractivity contribution >= 4 is 11.6 Å². The van der Waals surface area contributed by atoms with E-state index in [9.17, 15) is 9.50 Å². The van der Waals surface area contributed by atoms with Crippen molar-refractivity contribution in [2.24, 2.45) is 0 Å². The standard InChI is InChI=1S/C17H12FN5O2/c1-25-16-13(10-3-2-4-11(18)5-10)9-21-17(23-16)22-12-6-15(24)14(7-19)20-8-12/h2-6,8-9,24H,1H3,(H,21,22,23). The van der Waals surface area contributed by atoms with Crippen LogP contribution < -0.4 is 10.1 Å². The second-order valence-corrected chi connectivity index (χ2v) is 4.96. The molecule has 0 amide bonds. The Morgan fingerprint density at radius 2 is 2.08 bits per heavy atom. The molecule has 7 nitrogen and oxygen atoms in total. The number of ether oxygens (including phenoxy) is 1. The highest BCUT2D eigenvalue weighted by atomic mass is 19.1. The minimum atomic E-state index is -0.374. The molecule has 0 radical (unpaired) electrons. The summed E-state index contributed by atoms with van der Waals surface area (Å²) in [4.78, 5) is 12.2. The predicted molar refractivity (Wildman–Crippen MR) is 87.9 cm³/mol. The summed E-state index contributed by atoms with van der Waals surface area (Å²) in [6, 6.07) is 9.11. The van der Waals surface area contributed by atoms with Crippen molar-refractivity contribution < 1.29 is 14.2 Å². The van der Waals surface area contributed by atoms with Gasteiger partial charge in [0.2, 0.25) is 11.8 Å².